The van der Waals surface area contributed by atoms with Gasteiger partial charge in [-0.15, -0.1) is 11.3 Å². The standard InChI is InChI=1S/C63H107N7O17S/c1-12-47(6)59(53(77-10)43-56(74)70-23-16-19-51(70)60(78-11)48(7)52(71)42-50(62-66-22-40-88-62)41-49-17-14-13-15-18-49)69(9)63(76)57(45(2)3)67-61(75)58(46(4)5)68(8)55(73)20-24-79-26-28-81-30-32-83-34-36-85-38-39-86-37-35-84-33-31-82-29-27-80-25-21-65-54(72)44-87-64/h13-15,17-18,22,40,45-48,50-51,53,57-60H,12,16,19-21,23-39,41-44,64H2,1-11H3,(H,65,72)(H,67,75)/t47-,48-,50?,51-,53+,57-,58?,59-,60+/m0/s1. The summed E-state index contributed by atoms with van der Waals surface area (Å²) >= 11 is 1.55. The van der Waals surface area contributed by atoms with Crippen LogP contribution in [-0.2, 0) is 87.4 Å². The molecule has 1 fully saturated rings. The lowest BCUT2D eigenvalue weighted by atomic mass is 9.85. The third-order valence-corrected chi connectivity index (χ3v) is 16.7. The zero-order valence-corrected chi connectivity index (χ0v) is 55.3. The number of hydrogen-bond acceptors (Lipinski definition) is 20. The van der Waals surface area contributed by atoms with E-state index in [1.54, 1.807) is 50.7 Å². The molecule has 2 unspecified atom stereocenters. The maximum atomic E-state index is 14.7. The summed E-state index contributed by atoms with van der Waals surface area (Å²) in [7, 11) is 6.45. The molecule has 2 heterocycles. The number of nitrogens with one attached hydrogen (secondary N) is 2. The summed E-state index contributed by atoms with van der Waals surface area (Å²) in [6, 6.07) is 7.41. The Balaban J connectivity index is 1.38. The van der Waals surface area contributed by atoms with Crippen LogP contribution in [0.4, 0.5) is 0 Å². The molecule has 9 atom stereocenters. The maximum absolute atomic E-state index is 14.7. The van der Waals surface area contributed by atoms with Crippen molar-refractivity contribution in [3.05, 3.63) is 52.5 Å². The van der Waals surface area contributed by atoms with Crippen LogP contribution in [0.5, 0.6) is 0 Å². The van der Waals surface area contributed by atoms with Gasteiger partial charge >= 0.3 is 0 Å². The fourth-order valence-corrected chi connectivity index (χ4v) is 11.5. The van der Waals surface area contributed by atoms with Gasteiger partial charge in [0.05, 0.1) is 148 Å². The van der Waals surface area contributed by atoms with Crippen LogP contribution in [-0.4, -0.2) is 245 Å². The molecule has 25 heteroatoms. The number of carbonyl (C=O) groups excluding carboxylic acids is 6. The zero-order valence-electron chi connectivity index (χ0n) is 54.5. The number of aromatic nitrogens is 1. The van der Waals surface area contributed by atoms with Crippen LogP contribution in [0.2, 0.25) is 0 Å². The molecule has 1 aliphatic heterocycles. The van der Waals surface area contributed by atoms with Gasteiger partial charge in [-0.2, -0.15) is 0 Å². The van der Waals surface area contributed by atoms with E-state index < -0.39 is 42.2 Å². The van der Waals surface area contributed by atoms with E-state index in [1.807, 2.05) is 76.9 Å². The van der Waals surface area contributed by atoms with E-state index in [0.717, 1.165) is 17.0 Å². The number of likely N-dealkylation sites (tertiary alicyclic amines) is 1. The molecule has 0 radical (unpaired) electrons. The molecule has 1 aliphatic rings. The van der Waals surface area contributed by atoms with Crippen LogP contribution in [0.25, 0.3) is 0 Å². The first-order valence-electron chi connectivity index (χ1n) is 31.3. The molecule has 4 N–H and O–H groups in total. The Kier molecular flexibility index (Phi) is 40.2. The van der Waals surface area contributed by atoms with Crippen LogP contribution in [0.3, 0.4) is 0 Å². The minimum Gasteiger partial charge on any atom is -0.379 e. The highest BCUT2D eigenvalue weighted by atomic mass is 32.1. The molecular weight excluding hydrogens is 1160 g/mol. The van der Waals surface area contributed by atoms with Crippen LogP contribution in [0.1, 0.15) is 103 Å². The van der Waals surface area contributed by atoms with Gasteiger partial charge in [-0.3, -0.25) is 33.6 Å². The van der Waals surface area contributed by atoms with Gasteiger partial charge in [0.15, 0.2) is 0 Å². The first-order valence-corrected chi connectivity index (χ1v) is 32.1. The van der Waals surface area contributed by atoms with Gasteiger partial charge in [-0.1, -0.05) is 85.2 Å². The average Bonchev–Trinajstić information content (AvgIpc) is 4.42. The molecule has 0 saturated carbocycles. The number of carbonyl (C=O) groups is 6. The number of likely N-dealkylation sites (N-methyl/N-ethyl adjacent to an activating group) is 2. The van der Waals surface area contributed by atoms with E-state index in [1.165, 1.54) is 4.90 Å². The Labute approximate surface area is 527 Å². The summed E-state index contributed by atoms with van der Waals surface area (Å²) in [5.41, 5.74) is 1.13. The number of ether oxygens (including phenoxy) is 10. The van der Waals surface area contributed by atoms with Crippen molar-refractivity contribution in [1.82, 2.24) is 30.3 Å². The molecule has 0 bridgehead atoms. The Bertz CT molecular complexity index is 2220. The predicted octanol–water partition coefficient (Wildman–Crippen LogP) is 4.50. The normalized spacial score (nSPS) is 16.2. The molecule has 2 aromatic rings. The van der Waals surface area contributed by atoms with Gasteiger partial charge in [-0.25, -0.2) is 10.9 Å². The monoisotopic (exact) mass is 1270 g/mol. The Morgan fingerprint density at radius 3 is 1.74 bits per heavy atom. The maximum Gasteiger partial charge on any atom is 0.248 e. The molecule has 88 heavy (non-hydrogen) atoms. The highest BCUT2D eigenvalue weighted by Gasteiger charge is 2.44. The van der Waals surface area contributed by atoms with E-state index in [9.17, 15) is 28.8 Å². The number of nitrogens with two attached hydrogens (primary N) is 1. The number of Topliss-reactive ketones (excluding diaryl/α,β-unsaturated/α-hetero) is 1. The molecule has 24 nitrogen and oxygen atoms in total. The predicted molar refractivity (Wildman–Crippen MR) is 333 cm³/mol. The lowest BCUT2D eigenvalue weighted by molar-refractivity contribution is -0.148. The quantitative estimate of drug-likeness (QED) is 0.0607. The number of rotatable bonds is 51. The van der Waals surface area contributed by atoms with Gasteiger partial charge in [0.1, 0.15) is 24.5 Å². The summed E-state index contributed by atoms with van der Waals surface area (Å²) in [6.07, 6.45) is 3.66. The lowest BCUT2D eigenvalue weighted by Gasteiger charge is -2.41. The number of nitrogens with zero attached hydrogens (tertiary/aromatic N) is 4. The molecule has 502 valence electrons. The van der Waals surface area contributed by atoms with Gasteiger partial charge in [0, 0.05) is 71.2 Å². The van der Waals surface area contributed by atoms with E-state index in [0.29, 0.717) is 131 Å². The van der Waals surface area contributed by atoms with Gasteiger partial charge in [0.2, 0.25) is 29.5 Å². The molecule has 1 saturated heterocycles. The van der Waals surface area contributed by atoms with Crippen molar-refractivity contribution < 1.29 is 81.0 Å². The second-order valence-electron chi connectivity index (χ2n) is 22.8. The van der Waals surface area contributed by atoms with Crippen LogP contribution >= 0.6 is 11.3 Å². The molecule has 0 spiro atoms. The third kappa shape index (κ3) is 28.7. The smallest absolute Gasteiger partial charge is 0.248 e. The molecule has 1 aromatic heterocycles. The number of amides is 5. The minimum absolute atomic E-state index is 0.0113. The summed E-state index contributed by atoms with van der Waals surface area (Å²) in [5.74, 6) is 2.07. The van der Waals surface area contributed by atoms with Crippen molar-refractivity contribution in [2.24, 2.45) is 29.6 Å². The summed E-state index contributed by atoms with van der Waals surface area (Å²) in [4.78, 5) is 96.1. The zero-order chi connectivity index (χ0) is 64.6. The van der Waals surface area contributed by atoms with Crippen LogP contribution in [0, 0.1) is 23.7 Å². The van der Waals surface area contributed by atoms with Crippen LogP contribution < -0.4 is 16.5 Å². The van der Waals surface area contributed by atoms with E-state index in [-0.39, 0.29) is 91.8 Å². The van der Waals surface area contributed by atoms with Gasteiger partial charge in [0.25, 0.3) is 0 Å². The van der Waals surface area contributed by atoms with E-state index >= 15 is 0 Å². The molecule has 0 aliphatic carbocycles. The van der Waals surface area contributed by atoms with Gasteiger partial charge in [-0.05, 0) is 42.6 Å². The van der Waals surface area contributed by atoms with Crippen molar-refractivity contribution in [2.45, 2.75) is 136 Å². The molecule has 3 rings (SSSR count). The Morgan fingerprint density at radius 2 is 1.26 bits per heavy atom. The summed E-state index contributed by atoms with van der Waals surface area (Å²) in [5, 5.41) is 8.45. The van der Waals surface area contributed by atoms with Crippen molar-refractivity contribution >= 4 is 46.7 Å². The van der Waals surface area contributed by atoms with Crippen molar-refractivity contribution in [2.75, 3.05) is 154 Å². The average molecular weight is 1270 g/mol. The van der Waals surface area contributed by atoms with Crippen LogP contribution in [0.15, 0.2) is 41.9 Å². The van der Waals surface area contributed by atoms with E-state index in [4.69, 9.17) is 53.3 Å². The Morgan fingerprint density at radius 1 is 0.716 bits per heavy atom. The Hall–Kier alpha value is -4.61. The van der Waals surface area contributed by atoms with E-state index in [2.05, 4.69) is 32.6 Å². The highest BCUT2D eigenvalue weighted by molar-refractivity contribution is 7.09. The largest absolute Gasteiger partial charge is 0.379 e. The van der Waals surface area contributed by atoms with Gasteiger partial charge < -0.3 is 72.7 Å². The number of methoxy groups -OCH3 is 2. The fourth-order valence-electron chi connectivity index (χ4n) is 10.8. The number of ketones is 1. The fraction of sp³-hybridized carbons (Fsp3) is 0.762. The van der Waals surface area contributed by atoms with Crippen molar-refractivity contribution in [3.63, 3.8) is 0 Å². The second kappa shape index (κ2) is 45.6. The molecule has 5 amide bonds. The number of thiazole rings is 1. The lowest BCUT2D eigenvalue weighted by Crippen LogP contribution is -2.60. The second-order valence-corrected chi connectivity index (χ2v) is 23.7. The third-order valence-electron chi connectivity index (χ3n) is 15.7. The number of benzene rings is 1. The SMILES string of the molecule is CC[C@H](C)[C@@H]([C@@H](CC(=O)N1CCC[C@H]1[C@H](OC)[C@@H](C)C(=O)CC(Cc1ccccc1)c1nccs1)OC)N(C)C(=O)[C@@H](NC(=O)C(C(C)C)N(C)C(=O)CCOCCOCCOCCOCCOCCOCCOCCOCCNC(=O)CON)C(C)C. The highest BCUT2D eigenvalue weighted by Crippen LogP contribution is 2.33. The first-order chi connectivity index (χ1) is 42.4. The number of hydrogen-bond donors (Lipinski definition) is 3. The summed E-state index contributed by atoms with van der Waals surface area (Å²) < 4.78 is 56.4. The molecular formula is C63H107N7O17S. The topological polar surface area (TPSA) is 277 Å². The minimum atomic E-state index is -0.948. The summed E-state index contributed by atoms with van der Waals surface area (Å²) in [6.45, 7) is 20.1. The molecule has 1 aromatic carbocycles. The van der Waals surface area contributed by atoms with Crippen molar-refractivity contribution in [1.29, 1.82) is 0 Å². The first kappa shape index (κ1) is 77.6. The van der Waals surface area contributed by atoms with Crippen molar-refractivity contribution in [3.8, 4) is 0 Å².